The first-order chi connectivity index (χ1) is 10.5. The molecule has 2 aliphatic heterocycles. The minimum absolute atomic E-state index is 0.161. The van der Waals surface area contributed by atoms with Gasteiger partial charge in [0, 0.05) is 12.3 Å². The topological polar surface area (TPSA) is 78.9 Å². The summed E-state index contributed by atoms with van der Waals surface area (Å²) in [6, 6.07) is 3.55. The summed E-state index contributed by atoms with van der Waals surface area (Å²) in [5.74, 6) is -0.161. The second-order valence-corrected chi connectivity index (χ2v) is 5.83. The average Bonchev–Trinajstić information content (AvgIpc) is 2.97. The van der Waals surface area contributed by atoms with Crippen LogP contribution >= 0.6 is 0 Å². The van der Waals surface area contributed by atoms with Gasteiger partial charge in [0.15, 0.2) is 5.58 Å². The van der Waals surface area contributed by atoms with Gasteiger partial charge >= 0.3 is 0 Å². The predicted molar refractivity (Wildman–Crippen MR) is 78.1 cm³/mol. The number of aromatic nitrogens is 1. The Morgan fingerprint density at radius 1 is 1.27 bits per heavy atom. The van der Waals surface area contributed by atoms with Crippen LogP contribution in [0.3, 0.4) is 0 Å². The van der Waals surface area contributed by atoms with Crippen molar-refractivity contribution >= 4 is 22.7 Å². The Morgan fingerprint density at radius 3 is 2.86 bits per heavy atom. The molecule has 0 atom stereocenters. The second kappa shape index (κ2) is 4.14. The van der Waals surface area contributed by atoms with Gasteiger partial charge < -0.3 is 4.42 Å². The number of oxazole rings is 1. The SMILES string of the molecule is CC1(C)C(=O)N=c2cc3oc(=C4C=CC=CN4O)nc3cc21. The molecule has 3 heterocycles. The van der Waals surface area contributed by atoms with Crippen LogP contribution in [0.4, 0.5) is 0 Å². The van der Waals surface area contributed by atoms with Gasteiger partial charge in [0.25, 0.3) is 5.91 Å². The van der Waals surface area contributed by atoms with Crippen molar-refractivity contribution in [2.24, 2.45) is 4.99 Å². The van der Waals surface area contributed by atoms with Crippen LogP contribution in [-0.4, -0.2) is 21.2 Å². The van der Waals surface area contributed by atoms with Gasteiger partial charge in [-0.2, -0.15) is 0 Å². The van der Waals surface area contributed by atoms with Gasteiger partial charge in [-0.15, -0.1) is 0 Å². The van der Waals surface area contributed by atoms with Crippen LogP contribution in [0.1, 0.15) is 19.4 Å². The zero-order valence-corrected chi connectivity index (χ0v) is 12.1. The molecule has 6 heteroatoms. The molecule has 0 spiro atoms. The molecule has 110 valence electrons. The quantitative estimate of drug-likeness (QED) is 0.788. The molecule has 0 bridgehead atoms. The minimum atomic E-state index is -0.647. The molecule has 1 amide bonds. The summed E-state index contributed by atoms with van der Waals surface area (Å²) in [6.07, 6.45) is 6.69. The van der Waals surface area contributed by atoms with E-state index in [1.54, 1.807) is 24.3 Å². The van der Waals surface area contributed by atoms with E-state index < -0.39 is 5.41 Å². The molecule has 0 aliphatic carbocycles. The zero-order valence-electron chi connectivity index (χ0n) is 12.1. The number of fused-ring (bicyclic) bond motifs is 2. The van der Waals surface area contributed by atoms with E-state index in [9.17, 15) is 10.0 Å². The highest BCUT2D eigenvalue weighted by atomic mass is 16.5. The number of hydrogen-bond donors (Lipinski definition) is 1. The molecular formula is C16H13N3O3. The molecule has 0 radical (unpaired) electrons. The highest BCUT2D eigenvalue weighted by molar-refractivity contribution is 5.92. The Labute approximate surface area is 125 Å². The van der Waals surface area contributed by atoms with E-state index in [4.69, 9.17) is 4.42 Å². The van der Waals surface area contributed by atoms with E-state index in [1.165, 1.54) is 6.20 Å². The molecular weight excluding hydrogens is 282 g/mol. The number of rotatable bonds is 0. The molecule has 0 unspecified atom stereocenters. The van der Waals surface area contributed by atoms with Gasteiger partial charge in [-0.25, -0.2) is 15.0 Å². The average molecular weight is 295 g/mol. The molecule has 0 saturated carbocycles. The van der Waals surface area contributed by atoms with Crippen molar-refractivity contribution in [3.63, 3.8) is 0 Å². The summed E-state index contributed by atoms with van der Waals surface area (Å²) in [6.45, 7) is 3.69. The fraction of sp³-hybridized carbons (Fsp3) is 0.188. The van der Waals surface area contributed by atoms with Crippen LogP contribution in [0, 0.1) is 0 Å². The van der Waals surface area contributed by atoms with Crippen molar-refractivity contribution in [1.82, 2.24) is 10.0 Å². The fourth-order valence-corrected chi connectivity index (χ4v) is 2.63. The molecule has 6 nitrogen and oxygen atoms in total. The Hall–Kier alpha value is -2.73. The molecule has 0 saturated heterocycles. The van der Waals surface area contributed by atoms with Crippen molar-refractivity contribution < 1.29 is 14.4 Å². The number of allylic oxidation sites excluding steroid dienone is 2. The van der Waals surface area contributed by atoms with Crippen molar-refractivity contribution in [1.29, 1.82) is 0 Å². The highest BCUT2D eigenvalue weighted by Gasteiger charge is 2.36. The van der Waals surface area contributed by atoms with E-state index in [1.807, 2.05) is 19.9 Å². The summed E-state index contributed by atoms with van der Waals surface area (Å²) in [5, 5.41) is 11.4. The van der Waals surface area contributed by atoms with Crippen LogP contribution < -0.4 is 10.9 Å². The van der Waals surface area contributed by atoms with Crippen molar-refractivity contribution in [2.45, 2.75) is 19.3 Å². The number of nitrogens with zero attached hydrogens (tertiary/aromatic N) is 3. The number of carbonyl (C=O) groups excluding carboxylic acids is 1. The Bertz CT molecular complexity index is 996. The first-order valence-electron chi connectivity index (χ1n) is 6.88. The number of hydrogen-bond acceptors (Lipinski definition) is 5. The molecule has 1 aromatic carbocycles. The van der Waals surface area contributed by atoms with E-state index in [0.29, 0.717) is 27.7 Å². The lowest BCUT2D eigenvalue weighted by Crippen LogP contribution is -2.25. The monoisotopic (exact) mass is 295 g/mol. The van der Waals surface area contributed by atoms with Crippen LogP contribution in [0.5, 0.6) is 0 Å². The first-order valence-corrected chi connectivity index (χ1v) is 6.88. The molecule has 2 aromatic rings. The normalized spacial score (nSPS) is 21.4. The summed E-state index contributed by atoms with van der Waals surface area (Å²) in [5.41, 5.74) is 2.13. The summed E-state index contributed by atoms with van der Waals surface area (Å²) < 4.78 is 5.70. The molecule has 4 rings (SSSR count). The maximum Gasteiger partial charge on any atom is 0.256 e. The third kappa shape index (κ3) is 1.67. The van der Waals surface area contributed by atoms with Crippen molar-refractivity contribution in [2.75, 3.05) is 0 Å². The fourth-order valence-electron chi connectivity index (χ4n) is 2.63. The van der Waals surface area contributed by atoms with Crippen molar-refractivity contribution in [3.05, 3.63) is 53.0 Å². The summed E-state index contributed by atoms with van der Waals surface area (Å²) in [7, 11) is 0. The first kappa shape index (κ1) is 13.0. The number of amides is 1. The third-order valence-electron chi connectivity index (χ3n) is 3.99. The van der Waals surface area contributed by atoms with Crippen LogP contribution in [0.25, 0.3) is 16.8 Å². The van der Waals surface area contributed by atoms with E-state index in [-0.39, 0.29) is 5.91 Å². The Morgan fingerprint density at radius 2 is 2.09 bits per heavy atom. The third-order valence-corrected chi connectivity index (χ3v) is 3.99. The molecule has 2 aliphatic rings. The van der Waals surface area contributed by atoms with Gasteiger partial charge in [-0.05, 0) is 37.6 Å². The number of benzene rings is 1. The van der Waals surface area contributed by atoms with E-state index in [2.05, 4.69) is 9.98 Å². The minimum Gasteiger partial charge on any atom is -0.435 e. The molecule has 1 aromatic heterocycles. The molecule has 22 heavy (non-hydrogen) atoms. The molecule has 0 fully saturated rings. The van der Waals surface area contributed by atoms with Gasteiger partial charge in [0.05, 0.1) is 10.8 Å². The molecule has 1 N–H and O–H groups in total. The van der Waals surface area contributed by atoms with E-state index in [0.717, 1.165) is 10.6 Å². The Balaban J connectivity index is 2.00. The second-order valence-electron chi connectivity index (χ2n) is 5.83. The maximum atomic E-state index is 11.9. The number of carbonyl (C=O) groups is 1. The Kier molecular flexibility index (Phi) is 2.44. The van der Waals surface area contributed by atoms with Gasteiger partial charge in [0.1, 0.15) is 11.2 Å². The predicted octanol–water partition coefficient (Wildman–Crippen LogP) is 1.15. The van der Waals surface area contributed by atoms with Crippen LogP contribution in [0.15, 0.2) is 46.0 Å². The van der Waals surface area contributed by atoms with Crippen molar-refractivity contribution in [3.8, 4) is 0 Å². The van der Waals surface area contributed by atoms with Gasteiger partial charge in [-0.3, -0.25) is 10.0 Å². The van der Waals surface area contributed by atoms with Crippen LogP contribution in [-0.2, 0) is 10.2 Å². The number of hydroxylamine groups is 2. The smallest absolute Gasteiger partial charge is 0.256 e. The lowest BCUT2D eigenvalue weighted by Gasteiger charge is -2.14. The van der Waals surface area contributed by atoms with Gasteiger partial charge in [0.2, 0.25) is 5.55 Å². The van der Waals surface area contributed by atoms with E-state index >= 15 is 0 Å². The maximum absolute atomic E-state index is 11.9. The standard InChI is InChI=1S/C16H13N3O3/c1-16(2)9-7-11-13(8-10(9)18-15(16)20)22-14(17-11)12-5-3-4-6-19(12)21/h3-8,21H,1-2H3. The van der Waals surface area contributed by atoms with Gasteiger partial charge in [-0.1, -0.05) is 6.08 Å². The van der Waals surface area contributed by atoms with Crippen LogP contribution in [0.2, 0.25) is 0 Å². The zero-order chi connectivity index (χ0) is 15.5. The largest absolute Gasteiger partial charge is 0.435 e. The highest BCUT2D eigenvalue weighted by Crippen LogP contribution is 2.27. The summed E-state index contributed by atoms with van der Waals surface area (Å²) in [4.78, 5) is 20.4. The lowest BCUT2D eigenvalue weighted by molar-refractivity contribution is -0.121. The lowest BCUT2D eigenvalue weighted by atomic mass is 9.86. The summed E-state index contributed by atoms with van der Waals surface area (Å²) >= 11 is 0.